The fourth-order valence-electron chi connectivity index (χ4n) is 2.95. The van der Waals surface area contributed by atoms with E-state index in [1.807, 2.05) is 4.57 Å². The van der Waals surface area contributed by atoms with Crippen LogP contribution in [0, 0.1) is 0 Å². The third-order valence-corrected chi connectivity index (χ3v) is 4.13. The van der Waals surface area contributed by atoms with Gasteiger partial charge in [-0.3, -0.25) is 4.79 Å². The molecule has 0 saturated carbocycles. The third-order valence-electron chi connectivity index (χ3n) is 4.13. The normalized spacial score (nSPS) is 14.0. The maximum absolute atomic E-state index is 12.6. The van der Waals surface area contributed by atoms with E-state index in [4.69, 9.17) is 12.6 Å². The number of aromatic hydroxyl groups is 1. The second-order valence-electron chi connectivity index (χ2n) is 5.81. The second-order valence-corrected chi connectivity index (χ2v) is 5.81. The molecule has 1 aromatic carbocycles. The molecule has 1 unspecified atom stereocenters. The molecule has 0 aliphatic carbocycles. The number of nitrogens with zero attached hydrogens (tertiary/aromatic N) is 2. The Morgan fingerprint density at radius 3 is 3.04 bits per heavy atom. The summed E-state index contributed by atoms with van der Waals surface area (Å²) in [6.07, 6.45) is 3.41. The summed E-state index contributed by atoms with van der Waals surface area (Å²) in [6.45, 7) is 2.71. The summed E-state index contributed by atoms with van der Waals surface area (Å²) in [6, 6.07) is 3.13. The zero-order valence-electron chi connectivity index (χ0n) is 13.9. The Hall–Kier alpha value is -2.77. The number of hydrogen-bond acceptors (Lipinski definition) is 5. The average molecular weight is 339 g/mol. The van der Waals surface area contributed by atoms with Gasteiger partial charge in [0.1, 0.15) is 13.6 Å². The fraction of sp³-hybridized carbons (Fsp3) is 0.353. The van der Waals surface area contributed by atoms with Gasteiger partial charge in [-0.1, -0.05) is 17.6 Å². The molecular formula is C17H18BN3O4. The molecular weight excluding hydrogens is 321 g/mol. The van der Waals surface area contributed by atoms with Crippen molar-refractivity contribution in [1.29, 1.82) is 0 Å². The lowest BCUT2D eigenvalue weighted by Gasteiger charge is -2.17. The quantitative estimate of drug-likeness (QED) is 0.606. The van der Waals surface area contributed by atoms with Crippen LogP contribution in [0.25, 0.3) is 0 Å². The van der Waals surface area contributed by atoms with Gasteiger partial charge < -0.3 is 19.7 Å². The SMILES string of the molecule is [B]c1ccc(O)c(C(=O)NC(C(=O)OCC)c2ncn3c2CCC3)c1. The van der Waals surface area contributed by atoms with Gasteiger partial charge in [0.05, 0.1) is 24.2 Å². The van der Waals surface area contributed by atoms with Crippen molar-refractivity contribution in [2.75, 3.05) is 6.61 Å². The van der Waals surface area contributed by atoms with Gasteiger partial charge in [-0.15, -0.1) is 0 Å². The number of benzene rings is 1. The predicted molar refractivity (Wildman–Crippen MR) is 90.9 cm³/mol. The maximum atomic E-state index is 12.6. The largest absolute Gasteiger partial charge is 0.507 e. The Balaban J connectivity index is 1.91. The third kappa shape index (κ3) is 3.38. The van der Waals surface area contributed by atoms with Crippen molar-refractivity contribution in [3.05, 3.63) is 41.5 Å². The molecule has 2 radical (unpaired) electrons. The molecule has 1 aliphatic heterocycles. The van der Waals surface area contributed by atoms with Gasteiger partial charge in [0.2, 0.25) is 0 Å². The van der Waals surface area contributed by atoms with Crippen LogP contribution in [0.15, 0.2) is 24.5 Å². The summed E-state index contributed by atoms with van der Waals surface area (Å²) in [4.78, 5) is 29.2. The Morgan fingerprint density at radius 2 is 2.28 bits per heavy atom. The van der Waals surface area contributed by atoms with Crippen LogP contribution in [-0.2, 0) is 22.5 Å². The van der Waals surface area contributed by atoms with Crippen molar-refractivity contribution < 1.29 is 19.4 Å². The van der Waals surface area contributed by atoms with Crippen molar-refractivity contribution >= 4 is 25.2 Å². The van der Waals surface area contributed by atoms with E-state index in [-0.39, 0.29) is 17.9 Å². The van der Waals surface area contributed by atoms with E-state index in [0.29, 0.717) is 11.2 Å². The second kappa shape index (κ2) is 7.00. The monoisotopic (exact) mass is 339 g/mol. The molecule has 2 heterocycles. The summed E-state index contributed by atoms with van der Waals surface area (Å²) in [5.41, 5.74) is 1.71. The number of amides is 1. The molecule has 1 amide bonds. The first-order valence-electron chi connectivity index (χ1n) is 8.11. The van der Waals surface area contributed by atoms with Crippen molar-refractivity contribution in [2.24, 2.45) is 0 Å². The van der Waals surface area contributed by atoms with E-state index in [1.54, 1.807) is 13.3 Å². The van der Waals surface area contributed by atoms with Crippen LogP contribution in [-0.4, -0.2) is 41.0 Å². The molecule has 7 nitrogen and oxygen atoms in total. The zero-order chi connectivity index (χ0) is 18.0. The number of ether oxygens (including phenoxy) is 1. The number of nitrogens with one attached hydrogen (secondary N) is 1. The first-order chi connectivity index (χ1) is 12.0. The molecule has 0 bridgehead atoms. The van der Waals surface area contributed by atoms with Gasteiger partial charge in [-0.2, -0.15) is 0 Å². The molecule has 1 atom stereocenters. The van der Waals surface area contributed by atoms with Crippen LogP contribution in [0.3, 0.4) is 0 Å². The molecule has 25 heavy (non-hydrogen) atoms. The molecule has 2 N–H and O–H groups in total. The first-order valence-corrected chi connectivity index (χ1v) is 8.11. The highest BCUT2D eigenvalue weighted by atomic mass is 16.5. The van der Waals surface area contributed by atoms with E-state index in [9.17, 15) is 14.7 Å². The number of esters is 1. The van der Waals surface area contributed by atoms with Gasteiger partial charge >= 0.3 is 5.97 Å². The summed E-state index contributed by atoms with van der Waals surface area (Å²) < 4.78 is 7.05. The lowest BCUT2D eigenvalue weighted by molar-refractivity contribution is -0.145. The predicted octanol–water partition coefficient (Wildman–Crippen LogP) is 0.363. The highest BCUT2D eigenvalue weighted by Crippen LogP contribution is 2.25. The lowest BCUT2D eigenvalue weighted by atomic mass is 9.93. The Labute approximate surface area is 146 Å². The highest BCUT2D eigenvalue weighted by Gasteiger charge is 2.31. The summed E-state index contributed by atoms with van der Waals surface area (Å²) in [7, 11) is 5.67. The number of aromatic nitrogens is 2. The van der Waals surface area contributed by atoms with Gasteiger partial charge in [0, 0.05) is 12.2 Å². The van der Waals surface area contributed by atoms with Crippen LogP contribution in [0.5, 0.6) is 5.75 Å². The van der Waals surface area contributed by atoms with E-state index in [1.165, 1.54) is 18.2 Å². The standard InChI is InChI=1S/C17H18BN3O4/c1-2-25-17(24)15(14-12-4-3-7-21(12)9-19-14)20-16(23)11-8-10(18)5-6-13(11)22/h5-6,8-9,15,22H,2-4,7H2,1H3,(H,20,23). The zero-order valence-corrected chi connectivity index (χ0v) is 13.9. The summed E-state index contributed by atoms with van der Waals surface area (Å²) >= 11 is 0. The first kappa shape index (κ1) is 17.1. The number of imidazole rings is 1. The Morgan fingerprint density at radius 1 is 1.48 bits per heavy atom. The molecule has 8 heteroatoms. The number of rotatable bonds is 5. The van der Waals surface area contributed by atoms with E-state index < -0.39 is 17.9 Å². The van der Waals surface area contributed by atoms with Crippen molar-refractivity contribution in [2.45, 2.75) is 32.4 Å². The van der Waals surface area contributed by atoms with Crippen molar-refractivity contribution in [3.8, 4) is 5.75 Å². The number of carbonyl (C=O) groups is 2. The molecule has 128 valence electrons. The highest BCUT2D eigenvalue weighted by molar-refractivity contribution is 6.32. The van der Waals surface area contributed by atoms with Crippen LogP contribution in [0.1, 0.15) is 41.1 Å². The van der Waals surface area contributed by atoms with Gasteiger partial charge in [0.25, 0.3) is 5.91 Å². The molecule has 0 saturated heterocycles. The van der Waals surface area contributed by atoms with E-state index >= 15 is 0 Å². The molecule has 0 spiro atoms. The van der Waals surface area contributed by atoms with Gasteiger partial charge in [-0.25, -0.2) is 9.78 Å². The van der Waals surface area contributed by atoms with Gasteiger partial charge in [0.15, 0.2) is 6.04 Å². The topological polar surface area (TPSA) is 93.5 Å². The molecule has 2 aromatic rings. The number of phenols is 1. The minimum atomic E-state index is -1.04. The Bertz CT molecular complexity index is 818. The number of aryl methyl sites for hydroxylation is 1. The lowest BCUT2D eigenvalue weighted by Crippen LogP contribution is -2.36. The van der Waals surface area contributed by atoms with Crippen LogP contribution >= 0.6 is 0 Å². The molecule has 0 fully saturated rings. The smallest absolute Gasteiger partial charge is 0.335 e. The van der Waals surface area contributed by atoms with Crippen LogP contribution in [0.2, 0.25) is 0 Å². The van der Waals surface area contributed by atoms with Crippen molar-refractivity contribution in [1.82, 2.24) is 14.9 Å². The molecule has 1 aliphatic rings. The number of carbonyl (C=O) groups excluding carboxylic acids is 2. The van der Waals surface area contributed by atoms with Crippen molar-refractivity contribution in [3.63, 3.8) is 0 Å². The Kier molecular flexibility index (Phi) is 4.78. The minimum Gasteiger partial charge on any atom is -0.507 e. The number of hydrogen-bond donors (Lipinski definition) is 2. The van der Waals surface area contributed by atoms with Gasteiger partial charge in [-0.05, 0) is 25.8 Å². The summed E-state index contributed by atoms with van der Waals surface area (Å²) in [5, 5.41) is 12.5. The average Bonchev–Trinajstić information content (AvgIpc) is 3.18. The minimum absolute atomic E-state index is 0.00912. The van der Waals surface area contributed by atoms with Crippen LogP contribution in [0.4, 0.5) is 0 Å². The molecule has 3 rings (SSSR count). The number of phenolic OH excluding ortho intramolecular Hbond substituents is 1. The molecule has 1 aromatic heterocycles. The maximum Gasteiger partial charge on any atom is 0.335 e. The van der Waals surface area contributed by atoms with E-state index in [2.05, 4.69) is 10.3 Å². The van der Waals surface area contributed by atoms with E-state index in [0.717, 1.165) is 25.1 Å². The summed E-state index contributed by atoms with van der Waals surface area (Å²) in [5.74, 6) is -1.43. The van der Waals surface area contributed by atoms with Crippen LogP contribution < -0.4 is 10.8 Å². The fourth-order valence-corrected chi connectivity index (χ4v) is 2.95. The number of fused-ring (bicyclic) bond motifs is 1.